The van der Waals surface area contributed by atoms with Crippen molar-refractivity contribution in [2.24, 2.45) is 5.73 Å². The molecular formula is C5H15NO5Si. The molecule has 0 saturated carbocycles. The van der Waals surface area contributed by atoms with E-state index in [0.717, 1.165) is 0 Å². The minimum absolute atomic E-state index is 0.0833. The molecule has 0 aliphatic heterocycles. The van der Waals surface area contributed by atoms with Crippen LogP contribution in [0.25, 0.3) is 0 Å². The van der Waals surface area contributed by atoms with E-state index in [1.165, 1.54) is 0 Å². The van der Waals surface area contributed by atoms with Crippen molar-refractivity contribution in [2.45, 2.75) is 5.91 Å². The lowest BCUT2D eigenvalue weighted by atomic mass is 11.3. The van der Waals surface area contributed by atoms with E-state index in [-0.39, 0.29) is 5.91 Å². The number of primary amides is 1. The summed E-state index contributed by atoms with van der Waals surface area (Å²) in [5.74, 6) is -0.0833. The monoisotopic (exact) mass is 197 g/mol. The summed E-state index contributed by atoms with van der Waals surface area (Å²) in [6, 6.07) is 0. The quantitative estimate of drug-likeness (QED) is 0.441. The van der Waals surface area contributed by atoms with Crippen LogP contribution in [0.15, 0.2) is 0 Å². The van der Waals surface area contributed by atoms with Gasteiger partial charge in [-0.1, -0.05) is 0 Å². The lowest BCUT2D eigenvalue weighted by molar-refractivity contribution is -0.0513. The summed E-state index contributed by atoms with van der Waals surface area (Å²) in [6.45, 7) is 0. The minimum atomic E-state index is -1.33. The van der Waals surface area contributed by atoms with Gasteiger partial charge in [0.1, 0.15) is 0 Å². The molecule has 0 unspecified atom stereocenters. The molecule has 0 saturated heterocycles. The second-order valence-electron chi connectivity index (χ2n) is 1.69. The van der Waals surface area contributed by atoms with Gasteiger partial charge in [-0.05, 0) is 0 Å². The predicted octanol–water partition coefficient (Wildman–Crippen LogP) is -1.08. The zero-order valence-corrected chi connectivity index (χ0v) is 8.86. The molecule has 0 radical (unpaired) electrons. The highest BCUT2D eigenvalue weighted by Gasteiger charge is 2.02. The highest BCUT2D eigenvalue weighted by atomic mass is 28.2. The Kier molecular flexibility index (Phi) is 12.0. The summed E-state index contributed by atoms with van der Waals surface area (Å²) in [4.78, 5) is 8.78. The smallest absolute Gasteiger partial charge is 0.402 e. The van der Waals surface area contributed by atoms with E-state index in [1.807, 2.05) is 0 Å². The Bertz CT molecular complexity index is 104. The van der Waals surface area contributed by atoms with E-state index in [2.05, 4.69) is 5.73 Å². The molecule has 6 nitrogen and oxygen atoms in total. The van der Waals surface area contributed by atoms with E-state index in [1.54, 1.807) is 21.3 Å². The van der Waals surface area contributed by atoms with Gasteiger partial charge in [0.2, 0.25) is 9.76 Å². The fourth-order valence-corrected chi connectivity index (χ4v) is 0.913. The van der Waals surface area contributed by atoms with Crippen molar-refractivity contribution in [2.75, 3.05) is 21.3 Å². The maximum absolute atomic E-state index is 8.78. The van der Waals surface area contributed by atoms with Gasteiger partial charge in [0.05, 0.1) is 0 Å². The van der Waals surface area contributed by atoms with Crippen molar-refractivity contribution in [3.63, 3.8) is 0 Å². The molecule has 0 aromatic rings. The normalized spacial score (nSPS) is 10.0. The van der Waals surface area contributed by atoms with E-state index in [4.69, 9.17) is 23.8 Å². The number of hydrogen-bond donors (Lipinski definition) is 2. The summed E-state index contributed by atoms with van der Waals surface area (Å²) >= 11 is 0. The standard InChI is InChI=1S/C4H12O3Si.CH3NO2/c1-5-4(6-2)8-7-3;2-1(3)4/h4H,8H2,1-3H3;2H2,(H,3,4). The molecule has 12 heavy (non-hydrogen) atoms. The lowest BCUT2D eigenvalue weighted by Gasteiger charge is -2.09. The van der Waals surface area contributed by atoms with Gasteiger partial charge >= 0.3 is 6.09 Å². The third kappa shape index (κ3) is 16.2. The van der Waals surface area contributed by atoms with Crippen molar-refractivity contribution in [3.8, 4) is 0 Å². The average Bonchev–Trinajstić information content (AvgIpc) is 1.99. The van der Waals surface area contributed by atoms with Crippen LogP contribution >= 0.6 is 0 Å². The molecule has 74 valence electrons. The van der Waals surface area contributed by atoms with Crippen molar-refractivity contribution >= 4 is 15.9 Å². The summed E-state index contributed by atoms with van der Waals surface area (Å²) in [5, 5.41) is 7.19. The van der Waals surface area contributed by atoms with E-state index < -0.39 is 15.9 Å². The van der Waals surface area contributed by atoms with Crippen LogP contribution in [0.5, 0.6) is 0 Å². The summed E-state index contributed by atoms with van der Waals surface area (Å²) in [7, 11) is 4.28. The molecule has 0 fully saturated rings. The highest BCUT2D eigenvalue weighted by Crippen LogP contribution is 1.85. The van der Waals surface area contributed by atoms with Gasteiger partial charge in [-0.2, -0.15) is 0 Å². The predicted molar refractivity (Wildman–Crippen MR) is 45.6 cm³/mol. The maximum Gasteiger partial charge on any atom is 0.402 e. The molecule has 0 aliphatic rings. The summed E-state index contributed by atoms with van der Waals surface area (Å²) in [6.07, 6.45) is -1.33. The second kappa shape index (κ2) is 10.4. The molecule has 0 spiro atoms. The molecule has 3 N–H and O–H groups in total. The van der Waals surface area contributed by atoms with Crippen LogP contribution in [0.2, 0.25) is 0 Å². The fraction of sp³-hybridized carbons (Fsp3) is 0.800. The topological polar surface area (TPSA) is 91.0 Å². The van der Waals surface area contributed by atoms with Gasteiger partial charge in [-0.15, -0.1) is 0 Å². The van der Waals surface area contributed by atoms with Gasteiger partial charge < -0.3 is 24.7 Å². The summed E-state index contributed by atoms with van der Waals surface area (Å²) in [5.41, 5.74) is 4.03. The Hall–Kier alpha value is -0.633. The molecule has 0 aromatic heterocycles. The Morgan fingerprint density at radius 1 is 1.42 bits per heavy atom. The molecule has 0 aromatic carbocycles. The first kappa shape index (κ1) is 13.9. The fourth-order valence-electron chi connectivity index (χ4n) is 0.368. The van der Waals surface area contributed by atoms with Crippen LogP contribution in [-0.2, 0) is 13.9 Å². The van der Waals surface area contributed by atoms with E-state index in [9.17, 15) is 0 Å². The second-order valence-corrected chi connectivity index (χ2v) is 3.27. The number of amides is 1. The van der Waals surface area contributed by atoms with Crippen LogP contribution in [0.1, 0.15) is 0 Å². The van der Waals surface area contributed by atoms with Crippen LogP contribution in [0, 0.1) is 0 Å². The number of carboxylic acid groups (broad SMARTS) is 1. The van der Waals surface area contributed by atoms with Gasteiger partial charge in [0.15, 0.2) is 5.91 Å². The first-order valence-electron chi connectivity index (χ1n) is 3.11. The molecule has 0 bridgehead atoms. The Morgan fingerprint density at radius 2 is 1.75 bits per heavy atom. The molecule has 1 amide bonds. The molecule has 0 atom stereocenters. The van der Waals surface area contributed by atoms with Gasteiger partial charge in [0.25, 0.3) is 0 Å². The first-order valence-corrected chi connectivity index (χ1v) is 4.50. The highest BCUT2D eigenvalue weighted by molar-refractivity contribution is 6.28. The molecule has 0 aliphatic carbocycles. The number of ether oxygens (including phenoxy) is 2. The lowest BCUT2D eigenvalue weighted by Crippen LogP contribution is -2.22. The van der Waals surface area contributed by atoms with E-state index >= 15 is 0 Å². The Labute approximate surface area is 73.5 Å². The average molecular weight is 197 g/mol. The Balaban J connectivity index is 0. The van der Waals surface area contributed by atoms with Crippen LogP contribution in [0.3, 0.4) is 0 Å². The number of nitrogens with two attached hydrogens (primary N) is 1. The molecule has 7 heteroatoms. The van der Waals surface area contributed by atoms with Crippen LogP contribution in [-0.4, -0.2) is 48.2 Å². The zero-order valence-electron chi connectivity index (χ0n) is 7.44. The summed E-state index contributed by atoms with van der Waals surface area (Å²) < 4.78 is 14.6. The number of hydrogen-bond acceptors (Lipinski definition) is 4. The van der Waals surface area contributed by atoms with E-state index in [0.29, 0.717) is 0 Å². The van der Waals surface area contributed by atoms with Gasteiger partial charge in [-0.25, -0.2) is 4.79 Å². The minimum Gasteiger partial charge on any atom is -0.465 e. The van der Waals surface area contributed by atoms with Crippen molar-refractivity contribution in [1.82, 2.24) is 0 Å². The van der Waals surface area contributed by atoms with Gasteiger partial charge in [0, 0.05) is 21.3 Å². The largest absolute Gasteiger partial charge is 0.465 e. The zero-order chi connectivity index (χ0) is 9.98. The maximum atomic E-state index is 8.78. The van der Waals surface area contributed by atoms with Crippen LogP contribution in [0.4, 0.5) is 4.79 Å². The number of carbonyl (C=O) groups is 1. The molecule has 0 rings (SSSR count). The first-order chi connectivity index (χ1) is 5.58. The van der Waals surface area contributed by atoms with Gasteiger partial charge in [-0.3, -0.25) is 0 Å². The molecular weight excluding hydrogens is 182 g/mol. The Morgan fingerprint density at radius 3 is 1.83 bits per heavy atom. The van der Waals surface area contributed by atoms with Crippen LogP contribution < -0.4 is 5.73 Å². The van der Waals surface area contributed by atoms with Crippen molar-refractivity contribution in [3.05, 3.63) is 0 Å². The van der Waals surface area contributed by atoms with Crippen molar-refractivity contribution < 1.29 is 23.8 Å². The SMILES string of the molecule is CO[SiH2]C(OC)OC.NC(=O)O. The molecule has 0 heterocycles. The third-order valence-corrected chi connectivity index (χ3v) is 2.10. The third-order valence-electron chi connectivity index (χ3n) is 0.829. The van der Waals surface area contributed by atoms with Crippen molar-refractivity contribution in [1.29, 1.82) is 0 Å². The number of methoxy groups -OCH3 is 2. The number of rotatable bonds is 4.